The van der Waals surface area contributed by atoms with Gasteiger partial charge >= 0.3 is 11.9 Å². The molecule has 1 aliphatic rings. The lowest BCUT2D eigenvalue weighted by Gasteiger charge is -2.26. The van der Waals surface area contributed by atoms with Gasteiger partial charge in [0.2, 0.25) is 0 Å². The van der Waals surface area contributed by atoms with E-state index in [2.05, 4.69) is 0 Å². The molecule has 0 bridgehead atoms. The van der Waals surface area contributed by atoms with Crippen molar-refractivity contribution in [1.29, 1.82) is 0 Å². The van der Waals surface area contributed by atoms with Gasteiger partial charge in [-0.3, -0.25) is 4.79 Å². The summed E-state index contributed by atoms with van der Waals surface area (Å²) in [5, 5.41) is 17.6. The lowest BCUT2D eigenvalue weighted by Crippen LogP contribution is -2.27. The lowest BCUT2D eigenvalue weighted by molar-refractivity contribution is -0.144. The molecule has 2 N–H and O–H groups in total. The molecule has 78 valence electrons. The summed E-state index contributed by atoms with van der Waals surface area (Å²) < 4.78 is 0. The average Bonchev–Trinajstić information content (AvgIpc) is 2.16. The van der Waals surface area contributed by atoms with Gasteiger partial charge in [0.25, 0.3) is 0 Å². The first-order chi connectivity index (χ1) is 6.56. The predicted octanol–water partition coefficient (Wildman–Crippen LogP) is 1.52. The van der Waals surface area contributed by atoms with Crippen molar-refractivity contribution in [2.24, 2.45) is 11.8 Å². The van der Waals surface area contributed by atoms with Crippen molar-refractivity contribution in [1.82, 2.24) is 0 Å². The molecule has 0 heterocycles. The summed E-state index contributed by atoms with van der Waals surface area (Å²) >= 11 is 0. The van der Waals surface area contributed by atoms with Gasteiger partial charge in [-0.1, -0.05) is 19.4 Å². The molecule has 4 nitrogen and oxygen atoms in total. The predicted molar refractivity (Wildman–Crippen MR) is 49.9 cm³/mol. The third kappa shape index (κ3) is 2.13. The Balaban J connectivity index is 2.79. The van der Waals surface area contributed by atoms with Crippen LogP contribution < -0.4 is 0 Å². The molecular formula is C10H14O4. The molecule has 2 unspecified atom stereocenters. The van der Waals surface area contributed by atoms with Gasteiger partial charge in [-0.15, -0.1) is 0 Å². The Morgan fingerprint density at radius 3 is 2.57 bits per heavy atom. The topological polar surface area (TPSA) is 74.6 Å². The van der Waals surface area contributed by atoms with Crippen molar-refractivity contribution in [2.45, 2.75) is 26.2 Å². The molecule has 1 rings (SSSR count). The van der Waals surface area contributed by atoms with Crippen LogP contribution in [0.3, 0.4) is 0 Å². The summed E-state index contributed by atoms with van der Waals surface area (Å²) in [4.78, 5) is 21.5. The third-order valence-corrected chi connectivity index (χ3v) is 2.79. The van der Waals surface area contributed by atoms with Crippen LogP contribution in [0.2, 0.25) is 0 Å². The van der Waals surface area contributed by atoms with E-state index in [0.717, 1.165) is 0 Å². The molecule has 2 atom stereocenters. The van der Waals surface area contributed by atoms with Crippen LogP contribution in [0, 0.1) is 11.8 Å². The van der Waals surface area contributed by atoms with E-state index in [1.807, 2.05) is 6.92 Å². The molecule has 0 aliphatic heterocycles. The summed E-state index contributed by atoms with van der Waals surface area (Å²) in [7, 11) is 0. The van der Waals surface area contributed by atoms with Crippen molar-refractivity contribution in [3.8, 4) is 0 Å². The zero-order valence-electron chi connectivity index (χ0n) is 8.06. The molecule has 0 radical (unpaired) electrons. The number of hydrogen-bond donors (Lipinski definition) is 2. The number of carbonyl (C=O) groups is 2. The van der Waals surface area contributed by atoms with E-state index in [0.29, 0.717) is 24.8 Å². The summed E-state index contributed by atoms with van der Waals surface area (Å²) in [5.74, 6) is -2.20. The molecular weight excluding hydrogens is 184 g/mol. The standard InChI is InChI=1S/C10H14O4/c1-2-6-5-7(9(11)12)3-4-8(6)10(13)14/h3,6,8H,2,4-5H2,1H3,(H,11,12)(H,13,14). The van der Waals surface area contributed by atoms with Gasteiger partial charge in [-0.05, 0) is 18.8 Å². The Labute approximate surface area is 82.2 Å². The maximum Gasteiger partial charge on any atom is 0.331 e. The summed E-state index contributed by atoms with van der Waals surface area (Å²) in [6.07, 6.45) is 2.97. The van der Waals surface area contributed by atoms with E-state index >= 15 is 0 Å². The van der Waals surface area contributed by atoms with Gasteiger partial charge in [0.05, 0.1) is 5.92 Å². The monoisotopic (exact) mass is 198 g/mol. The highest BCUT2D eigenvalue weighted by Crippen LogP contribution is 2.32. The largest absolute Gasteiger partial charge is 0.481 e. The average molecular weight is 198 g/mol. The molecule has 0 fully saturated rings. The van der Waals surface area contributed by atoms with Crippen LogP contribution in [0.25, 0.3) is 0 Å². The normalized spacial score (nSPS) is 26.8. The first-order valence-electron chi connectivity index (χ1n) is 4.71. The van der Waals surface area contributed by atoms with Crippen molar-refractivity contribution in [3.63, 3.8) is 0 Å². The fourth-order valence-electron chi connectivity index (χ4n) is 1.88. The smallest absolute Gasteiger partial charge is 0.331 e. The Kier molecular flexibility index (Phi) is 3.28. The highest BCUT2D eigenvalue weighted by Gasteiger charge is 2.31. The lowest BCUT2D eigenvalue weighted by atomic mass is 9.78. The Morgan fingerprint density at radius 1 is 1.50 bits per heavy atom. The second-order valence-corrected chi connectivity index (χ2v) is 3.59. The van der Waals surface area contributed by atoms with Crippen molar-refractivity contribution in [2.75, 3.05) is 0 Å². The van der Waals surface area contributed by atoms with Gasteiger partial charge < -0.3 is 10.2 Å². The number of allylic oxidation sites excluding steroid dienone is 1. The fourth-order valence-corrected chi connectivity index (χ4v) is 1.88. The first kappa shape index (κ1) is 10.8. The minimum Gasteiger partial charge on any atom is -0.481 e. The van der Waals surface area contributed by atoms with Crippen LogP contribution in [0.1, 0.15) is 26.2 Å². The van der Waals surface area contributed by atoms with Gasteiger partial charge in [0.1, 0.15) is 0 Å². The highest BCUT2D eigenvalue weighted by atomic mass is 16.4. The Morgan fingerprint density at radius 2 is 2.14 bits per heavy atom. The van der Waals surface area contributed by atoms with Crippen LogP contribution in [-0.2, 0) is 9.59 Å². The molecule has 0 saturated carbocycles. The molecule has 0 aromatic carbocycles. The molecule has 4 heteroatoms. The zero-order chi connectivity index (χ0) is 10.7. The maximum atomic E-state index is 10.8. The van der Waals surface area contributed by atoms with E-state index in [9.17, 15) is 9.59 Å². The summed E-state index contributed by atoms with van der Waals surface area (Å²) in [6, 6.07) is 0. The van der Waals surface area contributed by atoms with Gasteiger partial charge in [-0.2, -0.15) is 0 Å². The summed E-state index contributed by atoms with van der Waals surface area (Å²) in [6.45, 7) is 1.89. The number of aliphatic carboxylic acids is 2. The molecule has 0 saturated heterocycles. The van der Waals surface area contributed by atoms with E-state index in [1.165, 1.54) is 6.08 Å². The minimum absolute atomic E-state index is 0.0383. The molecule has 0 spiro atoms. The fraction of sp³-hybridized carbons (Fsp3) is 0.600. The van der Waals surface area contributed by atoms with Crippen LogP contribution in [0.4, 0.5) is 0 Å². The van der Waals surface area contributed by atoms with E-state index in [4.69, 9.17) is 10.2 Å². The molecule has 0 amide bonds. The van der Waals surface area contributed by atoms with Gasteiger partial charge in [0, 0.05) is 5.57 Å². The van der Waals surface area contributed by atoms with Gasteiger partial charge in [-0.25, -0.2) is 4.79 Å². The molecule has 0 aromatic rings. The van der Waals surface area contributed by atoms with Crippen molar-refractivity contribution >= 4 is 11.9 Å². The number of carboxylic acids is 2. The van der Waals surface area contributed by atoms with E-state index < -0.39 is 17.9 Å². The van der Waals surface area contributed by atoms with Crippen LogP contribution in [0.5, 0.6) is 0 Å². The molecule has 0 aromatic heterocycles. The zero-order valence-corrected chi connectivity index (χ0v) is 8.06. The highest BCUT2D eigenvalue weighted by molar-refractivity contribution is 5.87. The quantitative estimate of drug-likeness (QED) is 0.720. The van der Waals surface area contributed by atoms with E-state index in [-0.39, 0.29) is 5.92 Å². The SMILES string of the molecule is CCC1CC(C(=O)O)=CCC1C(=O)O. The third-order valence-electron chi connectivity index (χ3n) is 2.79. The summed E-state index contributed by atoms with van der Waals surface area (Å²) in [5.41, 5.74) is 0.356. The molecule has 1 aliphatic carbocycles. The Hall–Kier alpha value is -1.32. The second kappa shape index (κ2) is 4.26. The van der Waals surface area contributed by atoms with Crippen LogP contribution in [0.15, 0.2) is 11.6 Å². The van der Waals surface area contributed by atoms with Crippen LogP contribution in [-0.4, -0.2) is 22.2 Å². The Bertz CT molecular complexity index is 280. The minimum atomic E-state index is -0.924. The molecule has 14 heavy (non-hydrogen) atoms. The van der Waals surface area contributed by atoms with Crippen molar-refractivity contribution < 1.29 is 19.8 Å². The van der Waals surface area contributed by atoms with Gasteiger partial charge in [0.15, 0.2) is 0 Å². The van der Waals surface area contributed by atoms with Crippen LogP contribution >= 0.6 is 0 Å². The maximum absolute atomic E-state index is 10.8. The van der Waals surface area contributed by atoms with E-state index in [1.54, 1.807) is 0 Å². The van der Waals surface area contributed by atoms with Crippen molar-refractivity contribution in [3.05, 3.63) is 11.6 Å². The second-order valence-electron chi connectivity index (χ2n) is 3.59. The first-order valence-corrected chi connectivity index (χ1v) is 4.71. The number of carboxylic acid groups (broad SMARTS) is 2. The number of rotatable bonds is 3. The number of hydrogen-bond acceptors (Lipinski definition) is 2.